The Kier molecular flexibility index (Phi) is 3.16. The Balaban J connectivity index is 1.91. The molecule has 0 spiro atoms. The zero-order chi connectivity index (χ0) is 14.1. The van der Waals surface area contributed by atoms with Crippen LogP contribution in [0.5, 0.6) is 5.75 Å². The van der Waals surface area contributed by atoms with E-state index in [1.807, 2.05) is 36.6 Å². The molecule has 20 heavy (non-hydrogen) atoms. The number of rotatable bonds is 2. The van der Waals surface area contributed by atoms with Crippen molar-refractivity contribution < 1.29 is 9.90 Å². The number of fused-ring (bicyclic) bond motifs is 1. The predicted octanol–water partition coefficient (Wildman–Crippen LogP) is 4.17. The lowest BCUT2D eigenvalue weighted by Gasteiger charge is -2.06. The van der Waals surface area contributed by atoms with E-state index >= 15 is 0 Å². The standard InChI is InChI=1S/C16H13NO2S/c1-10-6-7-11(8-14(10)18)17-16(19)13-9-20-15-5-3-2-4-12(13)15/h2-9,18H,1H3,(H,17,19). The average molecular weight is 283 g/mol. The van der Waals surface area contributed by atoms with Crippen molar-refractivity contribution in [3.05, 3.63) is 59.0 Å². The number of benzene rings is 2. The van der Waals surface area contributed by atoms with Crippen LogP contribution in [0.1, 0.15) is 15.9 Å². The van der Waals surface area contributed by atoms with Crippen molar-refractivity contribution in [1.82, 2.24) is 0 Å². The van der Waals surface area contributed by atoms with Crippen molar-refractivity contribution in [3.8, 4) is 5.75 Å². The predicted molar refractivity (Wildman–Crippen MR) is 82.6 cm³/mol. The first-order valence-corrected chi connectivity index (χ1v) is 7.10. The molecule has 0 bridgehead atoms. The number of anilines is 1. The maximum absolute atomic E-state index is 12.3. The van der Waals surface area contributed by atoms with Gasteiger partial charge in [0, 0.05) is 27.2 Å². The Hall–Kier alpha value is -2.33. The van der Waals surface area contributed by atoms with Gasteiger partial charge >= 0.3 is 0 Å². The maximum Gasteiger partial charge on any atom is 0.257 e. The summed E-state index contributed by atoms with van der Waals surface area (Å²) in [6, 6.07) is 12.9. The molecule has 0 aliphatic rings. The van der Waals surface area contributed by atoms with Gasteiger partial charge in [-0.25, -0.2) is 0 Å². The number of hydrogen-bond donors (Lipinski definition) is 2. The molecular weight excluding hydrogens is 270 g/mol. The van der Waals surface area contributed by atoms with Crippen LogP contribution in [0, 0.1) is 6.92 Å². The number of nitrogens with one attached hydrogen (secondary N) is 1. The van der Waals surface area contributed by atoms with E-state index in [0.29, 0.717) is 11.3 Å². The second kappa shape index (κ2) is 4.98. The highest BCUT2D eigenvalue weighted by atomic mass is 32.1. The monoisotopic (exact) mass is 283 g/mol. The fourth-order valence-corrected chi connectivity index (χ4v) is 2.98. The molecular formula is C16H13NO2S. The quantitative estimate of drug-likeness (QED) is 0.741. The number of carbonyl (C=O) groups is 1. The Bertz CT molecular complexity index is 792. The van der Waals surface area contributed by atoms with Gasteiger partial charge in [0.2, 0.25) is 0 Å². The third-order valence-corrected chi connectivity index (χ3v) is 4.16. The highest BCUT2D eigenvalue weighted by Gasteiger charge is 2.12. The third-order valence-electron chi connectivity index (χ3n) is 3.19. The summed E-state index contributed by atoms with van der Waals surface area (Å²) in [6.07, 6.45) is 0. The Morgan fingerprint density at radius 3 is 2.80 bits per heavy atom. The van der Waals surface area contributed by atoms with Gasteiger partial charge in [0.1, 0.15) is 5.75 Å². The van der Waals surface area contributed by atoms with Gasteiger partial charge in [0.15, 0.2) is 0 Å². The van der Waals surface area contributed by atoms with Crippen molar-refractivity contribution in [1.29, 1.82) is 0 Å². The lowest BCUT2D eigenvalue weighted by atomic mass is 10.1. The van der Waals surface area contributed by atoms with E-state index in [-0.39, 0.29) is 11.7 Å². The number of amides is 1. The molecule has 4 heteroatoms. The highest BCUT2D eigenvalue weighted by molar-refractivity contribution is 7.17. The van der Waals surface area contributed by atoms with Gasteiger partial charge in [0.25, 0.3) is 5.91 Å². The van der Waals surface area contributed by atoms with Crippen molar-refractivity contribution in [2.24, 2.45) is 0 Å². The first-order chi connectivity index (χ1) is 9.65. The maximum atomic E-state index is 12.3. The molecule has 1 amide bonds. The van der Waals surface area contributed by atoms with Gasteiger partial charge in [-0.1, -0.05) is 24.3 Å². The third kappa shape index (κ3) is 2.26. The fourth-order valence-electron chi connectivity index (χ4n) is 2.04. The first-order valence-electron chi connectivity index (χ1n) is 6.22. The lowest BCUT2D eigenvalue weighted by Crippen LogP contribution is -2.11. The van der Waals surface area contributed by atoms with Gasteiger partial charge < -0.3 is 10.4 Å². The molecule has 0 saturated heterocycles. The van der Waals surface area contributed by atoms with Crippen molar-refractivity contribution in [2.75, 3.05) is 5.32 Å². The molecule has 0 fully saturated rings. The lowest BCUT2D eigenvalue weighted by molar-refractivity contribution is 0.102. The van der Waals surface area contributed by atoms with E-state index in [2.05, 4.69) is 5.32 Å². The number of aryl methyl sites for hydroxylation is 1. The van der Waals surface area contributed by atoms with Gasteiger partial charge in [-0.05, 0) is 24.6 Å². The van der Waals surface area contributed by atoms with Gasteiger partial charge in [-0.15, -0.1) is 11.3 Å². The number of phenolic OH excluding ortho intramolecular Hbond substituents is 1. The van der Waals surface area contributed by atoms with Crippen molar-refractivity contribution >= 4 is 33.0 Å². The van der Waals surface area contributed by atoms with Gasteiger partial charge in [0.05, 0.1) is 5.56 Å². The number of thiophene rings is 1. The van der Waals surface area contributed by atoms with Crippen LogP contribution in [0.4, 0.5) is 5.69 Å². The minimum absolute atomic E-state index is 0.161. The summed E-state index contributed by atoms with van der Waals surface area (Å²) in [4.78, 5) is 12.3. The average Bonchev–Trinajstić information content (AvgIpc) is 2.87. The number of hydrogen-bond acceptors (Lipinski definition) is 3. The molecule has 3 nitrogen and oxygen atoms in total. The molecule has 0 unspecified atom stereocenters. The first kappa shape index (κ1) is 12.7. The molecule has 1 heterocycles. The van der Waals surface area contributed by atoms with E-state index in [1.165, 1.54) is 0 Å². The summed E-state index contributed by atoms with van der Waals surface area (Å²) in [5.74, 6) is 0.0173. The second-order valence-electron chi connectivity index (χ2n) is 4.60. The summed E-state index contributed by atoms with van der Waals surface area (Å²) in [5.41, 5.74) is 2.03. The molecule has 0 radical (unpaired) electrons. The van der Waals surface area contributed by atoms with E-state index in [4.69, 9.17) is 0 Å². The minimum Gasteiger partial charge on any atom is -0.508 e. The van der Waals surface area contributed by atoms with E-state index in [1.54, 1.807) is 29.5 Å². The SMILES string of the molecule is Cc1ccc(NC(=O)c2csc3ccccc23)cc1O. The van der Waals surface area contributed by atoms with Crippen LogP contribution >= 0.6 is 11.3 Å². The van der Waals surface area contributed by atoms with Gasteiger partial charge in [-0.3, -0.25) is 4.79 Å². The van der Waals surface area contributed by atoms with E-state index < -0.39 is 0 Å². The molecule has 1 aromatic heterocycles. The summed E-state index contributed by atoms with van der Waals surface area (Å²) in [5, 5.41) is 15.3. The second-order valence-corrected chi connectivity index (χ2v) is 5.51. The molecule has 3 rings (SSSR count). The summed E-state index contributed by atoms with van der Waals surface area (Å²) >= 11 is 1.55. The Morgan fingerprint density at radius 2 is 2.00 bits per heavy atom. The van der Waals surface area contributed by atoms with Crippen LogP contribution in [-0.4, -0.2) is 11.0 Å². The largest absolute Gasteiger partial charge is 0.508 e. The zero-order valence-corrected chi connectivity index (χ0v) is 11.7. The molecule has 2 N–H and O–H groups in total. The van der Waals surface area contributed by atoms with Crippen molar-refractivity contribution in [3.63, 3.8) is 0 Å². The van der Waals surface area contributed by atoms with Crippen molar-refractivity contribution in [2.45, 2.75) is 6.92 Å². The van der Waals surface area contributed by atoms with Crippen LogP contribution in [-0.2, 0) is 0 Å². The summed E-state index contributed by atoms with van der Waals surface area (Å²) < 4.78 is 1.09. The number of aromatic hydroxyl groups is 1. The fraction of sp³-hybridized carbons (Fsp3) is 0.0625. The number of phenols is 1. The minimum atomic E-state index is -0.161. The van der Waals surface area contributed by atoms with Crippen LogP contribution in [0.3, 0.4) is 0 Å². The van der Waals surface area contributed by atoms with Crippen LogP contribution in [0.15, 0.2) is 47.8 Å². The summed E-state index contributed by atoms with van der Waals surface area (Å²) in [6.45, 7) is 1.81. The highest BCUT2D eigenvalue weighted by Crippen LogP contribution is 2.27. The molecule has 0 aliphatic carbocycles. The molecule has 0 saturated carbocycles. The zero-order valence-electron chi connectivity index (χ0n) is 10.9. The Morgan fingerprint density at radius 1 is 1.20 bits per heavy atom. The molecule has 0 aliphatic heterocycles. The van der Waals surface area contributed by atoms with Crippen LogP contribution in [0.2, 0.25) is 0 Å². The van der Waals surface area contributed by atoms with E-state index in [0.717, 1.165) is 15.6 Å². The van der Waals surface area contributed by atoms with Gasteiger partial charge in [-0.2, -0.15) is 0 Å². The molecule has 3 aromatic rings. The topological polar surface area (TPSA) is 49.3 Å². The normalized spacial score (nSPS) is 10.7. The molecule has 100 valence electrons. The molecule has 0 atom stereocenters. The van der Waals surface area contributed by atoms with Crippen LogP contribution in [0.25, 0.3) is 10.1 Å². The number of carbonyl (C=O) groups excluding carboxylic acids is 1. The van der Waals surface area contributed by atoms with Crippen LogP contribution < -0.4 is 5.32 Å². The Labute approximate surface area is 120 Å². The summed E-state index contributed by atoms with van der Waals surface area (Å²) in [7, 11) is 0. The molecule has 2 aromatic carbocycles. The van der Waals surface area contributed by atoms with E-state index in [9.17, 15) is 9.90 Å². The smallest absolute Gasteiger partial charge is 0.257 e.